The van der Waals surface area contributed by atoms with E-state index in [1.54, 1.807) is 61.6 Å². The van der Waals surface area contributed by atoms with Crippen molar-refractivity contribution in [1.82, 2.24) is 30.0 Å². The molecule has 0 atom stereocenters. The Bertz CT molecular complexity index is 1480. The van der Waals surface area contributed by atoms with Gasteiger partial charge in [0.15, 0.2) is 0 Å². The molecule has 0 saturated carbocycles. The number of fused-ring (bicyclic) bond motifs is 1. The normalized spacial score (nSPS) is 11.1. The Morgan fingerprint density at radius 3 is 2.54 bits per heavy atom. The fourth-order valence-electron chi connectivity index (χ4n) is 4.24. The van der Waals surface area contributed by atoms with Crippen LogP contribution in [0, 0.1) is 13.8 Å². The van der Waals surface area contributed by atoms with Gasteiger partial charge < -0.3 is 15.5 Å². The molecule has 4 aromatic rings. The summed E-state index contributed by atoms with van der Waals surface area (Å²) in [6, 6.07) is 10.6. The lowest BCUT2D eigenvalue weighted by Crippen LogP contribution is -2.27. The molecule has 0 spiro atoms. The summed E-state index contributed by atoms with van der Waals surface area (Å²) in [6.07, 6.45) is 1.80. The largest absolute Gasteiger partial charge is 0.337 e. The minimum Gasteiger partial charge on any atom is -0.337 e. The van der Waals surface area contributed by atoms with Crippen molar-refractivity contribution in [1.29, 1.82) is 0 Å². The first kappa shape index (κ1) is 26.2. The highest BCUT2D eigenvalue weighted by atomic mass is 35.5. The molecule has 0 bridgehead atoms. The summed E-state index contributed by atoms with van der Waals surface area (Å²) in [5.74, 6) is -0.339. The molecule has 1 aromatic carbocycles. The Morgan fingerprint density at radius 1 is 1.08 bits per heavy atom. The number of rotatable bonds is 8. The average Bonchev–Trinajstić information content (AvgIpc) is 3.21. The van der Waals surface area contributed by atoms with Crippen molar-refractivity contribution in [3.8, 4) is 11.4 Å². The predicted octanol–water partition coefficient (Wildman–Crippen LogP) is 4.21. The number of aryl methyl sites for hydroxylation is 2. The average molecular weight is 520 g/mol. The monoisotopic (exact) mass is 519 g/mol. The molecule has 4 rings (SSSR count). The van der Waals surface area contributed by atoms with Crippen LogP contribution in [0.3, 0.4) is 0 Å². The van der Waals surface area contributed by atoms with Crippen molar-refractivity contribution in [2.75, 3.05) is 26.0 Å². The number of hydrogen-bond acceptors (Lipinski definition) is 6. The number of anilines is 1. The van der Waals surface area contributed by atoms with E-state index in [-0.39, 0.29) is 18.4 Å². The smallest absolute Gasteiger partial charge is 0.254 e. The Hall–Kier alpha value is -3.82. The maximum absolute atomic E-state index is 13.7. The van der Waals surface area contributed by atoms with E-state index in [9.17, 15) is 9.59 Å². The van der Waals surface area contributed by atoms with Gasteiger partial charge in [0.25, 0.3) is 5.91 Å². The minimum atomic E-state index is -0.172. The van der Waals surface area contributed by atoms with Gasteiger partial charge in [0.05, 0.1) is 35.2 Å². The molecule has 0 saturated heterocycles. The second kappa shape index (κ2) is 11.1. The quantitative estimate of drug-likeness (QED) is 0.361. The molecule has 9 nitrogen and oxygen atoms in total. The van der Waals surface area contributed by atoms with E-state index < -0.39 is 0 Å². The molecular formula is C27H30ClN7O2. The van der Waals surface area contributed by atoms with Gasteiger partial charge in [-0.1, -0.05) is 11.6 Å². The Balaban J connectivity index is 1.76. The number of nitrogens with one attached hydrogen (secondary N) is 2. The summed E-state index contributed by atoms with van der Waals surface area (Å²) in [7, 11) is 3.47. The molecular weight excluding hydrogens is 490 g/mol. The zero-order chi connectivity index (χ0) is 26.7. The van der Waals surface area contributed by atoms with E-state index in [0.29, 0.717) is 50.8 Å². The standard InChI is InChI=1S/C27H30ClN7O2/c1-6-35-17(3)18(13-30-35)15-34(5)27(37)22-12-25(33-23-8-7-19(28)10-21(22)23)24-11-20(9-16(2)31-24)32-26(36)14-29-4/h7-13,29H,6,14-15H2,1-5H3,(H,31,32,36). The molecule has 0 aliphatic heterocycles. The number of aromatic nitrogens is 4. The van der Waals surface area contributed by atoms with Crippen molar-refractivity contribution < 1.29 is 9.59 Å². The number of carbonyl (C=O) groups is 2. The molecule has 37 heavy (non-hydrogen) atoms. The van der Waals surface area contributed by atoms with Gasteiger partial charge in [-0.2, -0.15) is 5.10 Å². The number of pyridine rings is 2. The van der Waals surface area contributed by atoms with Crippen LogP contribution in [0.4, 0.5) is 5.69 Å². The molecule has 0 fully saturated rings. The molecule has 10 heteroatoms. The van der Waals surface area contributed by atoms with Crippen LogP contribution in [-0.2, 0) is 17.9 Å². The van der Waals surface area contributed by atoms with Gasteiger partial charge in [0.2, 0.25) is 5.91 Å². The number of likely N-dealkylation sites (N-methyl/N-ethyl adjacent to an activating group) is 1. The van der Waals surface area contributed by atoms with Crippen LogP contribution in [0.25, 0.3) is 22.3 Å². The zero-order valence-electron chi connectivity index (χ0n) is 21.6. The third-order valence-electron chi connectivity index (χ3n) is 6.10. The topological polar surface area (TPSA) is 105 Å². The summed E-state index contributed by atoms with van der Waals surface area (Å²) in [6.45, 7) is 7.24. The first-order chi connectivity index (χ1) is 17.7. The molecule has 2 amide bonds. The highest BCUT2D eigenvalue weighted by Crippen LogP contribution is 2.29. The van der Waals surface area contributed by atoms with Crippen LogP contribution in [-0.4, -0.2) is 57.1 Å². The lowest BCUT2D eigenvalue weighted by atomic mass is 10.0. The van der Waals surface area contributed by atoms with E-state index >= 15 is 0 Å². The van der Waals surface area contributed by atoms with Crippen molar-refractivity contribution in [2.24, 2.45) is 0 Å². The van der Waals surface area contributed by atoms with Gasteiger partial charge in [-0.15, -0.1) is 0 Å². The summed E-state index contributed by atoms with van der Waals surface area (Å²) >= 11 is 6.30. The number of carbonyl (C=O) groups excluding carboxylic acids is 2. The van der Waals surface area contributed by atoms with Crippen molar-refractivity contribution in [2.45, 2.75) is 33.9 Å². The summed E-state index contributed by atoms with van der Waals surface area (Å²) in [5.41, 5.74) is 5.49. The van der Waals surface area contributed by atoms with Crippen molar-refractivity contribution in [3.63, 3.8) is 0 Å². The molecule has 3 heterocycles. The molecule has 0 unspecified atom stereocenters. The second-order valence-corrected chi connectivity index (χ2v) is 9.35. The van der Waals surface area contributed by atoms with Crippen LogP contribution in [0.2, 0.25) is 5.02 Å². The summed E-state index contributed by atoms with van der Waals surface area (Å²) in [5, 5.41) is 11.3. The summed E-state index contributed by atoms with van der Waals surface area (Å²) < 4.78 is 1.91. The van der Waals surface area contributed by atoms with E-state index in [0.717, 1.165) is 17.8 Å². The van der Waals surface area contributed by atoms with Gasteiger partial charge in [0, 0.05) is 53.2 Å². The first-order valence-corrected chi connectivity index (χ1v) is 12.4. The molecule has 0 aliphatic rings. The highest BCUT2D eigenvalue weighted by Gasteiger charge is 2.20. The molecule has 3 aromatic heterocycles. The van der Waals surface area contributed by atoms with Gasteiger partial charge >= 0.3 is 0 Å². The van der Waals surface area contributed by atoms with E-state index in [1.165, 1.54) is 0 Å². The van der Waals surface area contributed by atoms with E-state index in [4.69, 9.17) is 16.6 Å². The maximum atomic E-state index is 13.7. The third-order valence-corrected chi connectivity index (χ3v) is 6.33. The predicted molar refractivity (Wildman–Crippen MR) is 146 cm³/mol. The second-order valence-electron chi connectivity index (χ2n) is 8.91. The lowest BCUT2D eigenvalue weighted by Gasteiger charge is -2.19. The number of amides is 2. The number of hydrogen-bond donors (Lipinski definition) is 2. The SMILES string of the molecule is CCn1ncc(CN(C)C(=O)c2cc(-c3cc(NC(=O)CNC)cc(C)n3)nc3ccc(Cl)cc23)c1C. The molecule has 0 radical (unpaired) electrons. The molecule has 0 aliphatic carbocycles. The van der Waals surface area contributed by atoms with Crippen LogP contribution < -0.4 is 10.6 Å². The lowest BCUT2D eigenvalue weighted by molar-refractivity contribution is -0.115. The number of benzene rings is 1. The number of nitrogens with zero attached hydrogens (tertiary/aromatic N) is 5. The molecule has 192 valence electrons. The van der Waals surface area contributed by atoms with Gasteiger partial charge in [-0.05, 0) is 64.2 Å². The van der Waals surface area contributed by atoms with Crippen molar-refractivity contribution in [3.05, 3.63) is 70.1 Å². The van der Waals surface area contributed by atoms with Crippen LogP contribution in [0.1, 0.15) is 34.2 Å². The third kappa shape index (κ3) is 5.79. The van der Waals surface area contributed by atoms with Crippen LogP contribution in [0.15, 0.2) is 42.6 Å². The fraction of sp³-hybridized carbons (Fsp3) is 0.296. The van der Waals surface area contributed by atoms with Crippen molar-refractivity contribution >= 4 is 40.0 Å². The van der Waals surface area contributed by atoms with Gasteiger partial charge in [0.1, 0.15) is 0 Å². The van der Waals surface area contributed by atoms with Gasteiger partial charge in [-0.25, -0.2) is 4.98 Å². The van der Waals surface area contributed by atoms with Crippen LogP contribution >= 0.6 is 11.6 Å². The zero-order valence-corrected chi connectivity index (χ0v) is 22.3. The minimum absolute atomic E-state index is 0.167. The number of halogens is 1. The van der Waals surface area contributed by atoms with E-state index in [2.05, 4.69) is 20.7 Å². The summed E-state index contributed by atoms with van der Waals surface area (Å²) in [4.78, 5) is 36.9. The molecule has 2 N–H and O–H groups in total. The van der Waals surface area contributed by atoms with Crippen LogP contribution in [0.5, 0.6) is 0 Å². The Morgan fingerprint density at radius 2 is 1.84 bits per heavy atom. The highest BCUT2D eigenvalue weighted by molar-refractivity contribution is 6.31. The van der Waals surface area contributed by atoms with E-state index in [1.807, 2.05) is 25.5 Å². The first-order valence-electron chi connectivity index (χ1n) is 12.0. The Kier molecular flexibility index (Phi) is 7.85. The van der Waals surface area contributed by atoms with Gasteiger partial charge in [-0.3, -0.25) is 19.3 Å². The fourth-order valence-corrected chi connectivity index (χ4v) is 4.41. The maximum Gasteiger partial charge on any atom is 0.254 e. The Labute approximate surface area is 220 Å².